The summed E-state index contributed by atoms with van der Waals surface area (Å²) in [6.07, 6.45) is 6.91. The van der Waals surface area contributed by atoms with Crippen molar-refractivity contribution in [3.05, 3.63) is 61.2 Å². The second kappa shape index (κ2) is 16.7. The molecule has 0 unspecified atom stereocenters. The zero-order valence-electron chi connectivity index (χ0n) is 29.1. The highest BCUT2D eigenvalue weighted by molar-refractivity contribution is 5.98. The minimum Gasteiger partial charge on any atom is -0.455 e. The number of fused-ring (bicyclic) bond motifs is 1. The number of rotatable bonds is 19. The first-order valence-electron chi connectivity index (χ1n) is 17.7. The van der Waals surface area contributed by atoms with E-state index in [9.17, 15) is 24.3 Å². The van der Waals surface area contributed by atoms with E-state index in [2.05, 4.69) is 25.4 Å². The molecule has 8 atom stereocenters. The minimum absolute atomic E-state index is 0.144. The van der Waals surface area contributed by atoms with Crippen molar-refractivity contribution in [1.82, 2.24) is 15.1 Å². The molecule has 2 N–H and O–H groups in total. The van der Waals surface area contributed by atoms with Crippen molar-refractivity contribution in [2.24, 2.45) is 17.8 Å². The fraction of sp³-hybridized carbons (Fsp3) is 0.632. The number of esters is 1. The van der Waals surface area contributed by atoms with Gasteiger partial charge in [-0.2, -0.15) is 0 Å². The molecule has 264 valence electrons. The zero-order chi connectivity index (χ0) is 35.0. The fourth-order valence-corrected chi connectivity index (χ4v) is 7.96. The van der Waals surface area contributed by atoms with E-state index in [-0.39, 0.29) is 36.7 Å². The lowest BCUT2D eigenvalue weighted by Crippen LogP contribution is -2.59. The first-order valence-corrected chi connectivity index (χ1v) is 17.7. The Bertz CT molecular complexity index is 1300. The Hall–Kier alpha value is -3.50. The molecule has 3 aliphatic rings. The highest BCUT2D eigenvalue weighted by Crippen LogP contribution is 2.59. The molecule has 3 fully saturated rings. The van der Waals surface area contributed by atoms with E-state index in [1.165, 1.54) is 0 Å². The Morgan fingerprint density at radius 2 is 1.90 bits per heavy atom. The van der Waals surface area contributed by atoms with E-state index >= 15 is 0 Å². The second-order valence-corrected chi connectivity index (χ2v) is 14.0. The van der Waals surface area contributed by atoms with E-state index in [1.807, 2.05) is 44.2 Å². The van der Waals surface area contributed by atoms with Gasteiger partial charge < -0.3 is 29.7 Å². The molecule has 4 rings (SSSR count). The first kappa shape index (κ1) is 37.3. The van der Waals surface area contributed by atoms with Gasteiger partial charge in [0.05, 0.1) is 36.6 Å². The van der Waals surface area contributed by atoms with Crippen molar-refractivity contribution in [3.8, 4) is 0 Å². The number of nitrogens with one attached hydrogen (secondary N) is 1. The average Bonchev–Trinajstić information content (AvgIpc) is 3.72. The predicted molar refractivity (Wildman–Crippen MR) is 183 cm³/mol. The zero-order valence-corrected chi connectivity index (χ0v) is 29.1. The lowest BCUT2D eigenvalue weighted by Gasteiger charge is -2.39. The highest BCUT2D eigenvalue weighted by Gasteiger charge is 2.75. The van der Waals surface area contributed by atoms with Gasteiger partial charge in [-0.05, 0) is 50.5 Å². The van der Waals surface area contributed by atoms with Crippen molar-refractivity contribution >= 4 is 23.7 Å². The Morgan fingerprint density at radius 3 is 2.52 bits per heavy atom. The van der Waals surface area contributed by atoms with E-state index in [1.54, 1.807) is 28.9 Å². The Morgan fingerprint density at radius 1 is 1.17 bits per heavy atom. The third kappa shape index (κ3) is 7.70. The van der Waals surface area contributed by atoms with Crippen molar-refractivity contribution in [2.75, 3.05) is 19.7 Å². The third-order valence-corrected chi connectivity index (χ3v) is 10.1. The number of hydrogen-bond acceptors (Lipinski definition) is 7. The van der Waals surface area contributed by atoms with Crippen molar-refractivity contribution in [3.63, 3.8) is 0 Å². The van der Waals surface area contributed by atoms with Crippen LogP contribution in [-0.4, -0.2) is 88.1 Å². The maximum atomic E-state index is 14.6. The molecule has 1 spiro atoms. The number of carbonyl (C=O) groups excluding carboxylic acids is 4. The number of amides is 3. The summed E-state index contributed by atoms with van der Waals surface area (Å²) < 4.78 is 12.9. The van der Waals surface area contributed by atoms with Gasteiger partial charge in [-0.25, -0.2) is 0 Å². The van der Waals surface area contributed by atoms with Gasteiger partial charge in [0.25, 0.3) is 0 Å². The van der Waals surface area contributed by atoms with Crippen LogP contribution in [0.5, 0.6) is 0 Å². The summed E-state index contributed by atoms with van der Waals surface area (Å²) in [6.45, 7) is 16.0. The van der Waals surface area contributed by atoms with Gasteiger partial charge in [0.1, 0.15) is 17.7 Å². The molecule has 0 aliphatic carbocycles. The number of hydrogen-bond donors (Lipinski definition) is 2. The summed E-state index contributed by atoms with van der Waals surface area (Å²) in [5, 5.41) is 13.6. The van der Waals surface area contributed by atoms with Crippen LogP contribution >= 0.6 is 0 Å². The number of nitrogens with zero attached hydrogens (tertiary/aromatic N) is 2. The second-order valence-electron chi connectivity index (χ2n) is 14.0. The van der Waals surface area contributed by atoms with Crippen LogP contribution in [0, 0.1) is 17.8 Å². The Labute approximate surface area is 285 Å². The smallest absolute Gasteiger partial charge is 0.313 e. The number of ether oxygens (including phenoxy) is 2. The number of likely N-dealkylation sites (tertiary alicyclic amines) is 1. The maximum absolute atomic E-state index is 14.6. The van der Waals surface area contributed by atoms with Gasteiger partial charge in [0, 0.05) is 19.5 Å². The number of benzene rings is 1. The van der Waals surface area contributed by atoms with E-state index < -0.39 is 53.7 Å². The molecule has 3 heterocycles. The molecular formula is C38H55N3O7. The Balaban J connectivity index is 1.69. The molecule has 2 bridgehead atoms. The van der Waals surface area contributed by atoms with E-state index in [0.717, 1.165) is 19.3 Å². The van der Waals surface area contributed by atoms with Gasteiger partial charge >= 0.3 is 5.97 Å². The van der Waals surface area contributed by atoms with Crippen molar-refractivity contribution in [2.45, 2.75) is 115 Å². The molecule has 3 saturated heterocycles. The molecular weight excluding hydrogens is 610 g/mol. The van der Waals surface area contributed by atoms with Crippen LogP contribution in [0.2, 0.25) is 0 Å². The van der Waals surface area contributed by atoms with Gasteiger partial charge in [-0.3, -0.25) is 19.2 Å². The molecule has 3 amide bonds. The Kier molecular flexibility index (Phi) is 13.0. The van der Waals surface area contributed by atoms with Crippen LogP contribution in [0.25, 0.3) is 0 Å². The molecule has 10 heteroatoms. The standard InChI is InChI=1S/C38H55N3O7/c1-7-10-15-22-40(21-9-3)36(45)34-38-20-19-29(48-38)31(32(38)35(44)41(34)28(24-42)23-25(4)5)37(46)47-33(27-16-13-12-14-17-27)26(6)39-30(43)18-11-8-2/h8-9,12-14,16-17,25-26,28-29,31-34,42H,2-3,7,10-11,15,18-24H2,1,4-6H3,(H,39,43)/t26-,28+,29-,31+,32+,33-,34-,38+/m0/s1. The molecule has 0 aromatic heterocycles. The number of unbranched alkanes of at least 4 members (excludes halogenated alkanes) is 2. The predicted octanol–water partition coefficient (Wildman–Crippen LogP) is 4.73. The molecule has 0 radical (unpaired) electrons. The minimum atomic E-state index is -1.22. The highest BCUT2D eigenvalue weighted by atomic mass is 16.6. The van der Waals surface area contributed by atoms with Gasteiger partial charge in [0.2, 0.25) is 17.7 Å². The van der Waals surface area contributed by atoms with Gasteiger partial charge in [0.15, 0.2) is 0 Å². The van der Waals surface area contributed by atoms with E-state index in [0.29, 0.717) is 44.3 Å². The monoisotopic (exact) mass is 665 g/mol. The van der Waals surface area contributed by atoms with Crippen LogP contribution in [0.15, 0.2) is 55.6 Å². The van der Waals surface area contributed by atoms with Crippen LogP contribution in [0.1, 0.15) is 90.7 Å². The third-order valence-electron chi connectivity index (χ3n) is 10.1. The summed E-state index contributed by atoms with van der Waals surface area (Å²) in [6, 6.07) is 7.05. The van der Waals surface area contributed by atoms with Crippen molar-refractivity contribution in [1.29, 1.82) is 0 Å². The average molecular weight is 666 g/mol. The summed E-state index contributed by atoms with van der Waals surface area (Å²) in [5.41, 5.74) is -0.512. The summed E-state index contributed by atoms with van der Waals surface area (Å²) in [7, 11) is 0. The number of aliphatic hydroxyl groups excluding tert-OH is 1. The summed E-state index contributed by atoms with van der Waals surface area (Å²) in [5.74, 6) is -3.10. The number of allylic oxidation sites excluding steroid dienone is 1. The normalized spacial score (nSPS) is 26.1. The number of carbonyl (C=O) groups is 4. The summed E-state index contributed by atoms with van der Waals surface area (Å²) >= 11 is 0. The lowest BCUT2D eigenvalue weighted by atomic mass is 9.70. The van der Waals surface area contributed by atoms with Gasteiger partial charge in [-0.15, -0.1) is 13.2 Å². The van der Waals surface area contributed by atoms with Crippen LogP contribution in [-0.2, 0) is 28.7 Å². The lowest BCUT2D eigenvalue weighted by molar-refractivity contribution is -0.162. The fourth-order valence-electron chi connectivity index (χ4n) is 7.96. The van der Waals surface area contributed by atoms with Crippen molar-refractivity contribution < 1.29 is 33.8 Å². The first-order chi connectivity index (χ1) is 23.0. The SMILES string of the molecule is C=CCCC(=O)N[C@@H](C)[C@H](OC(=O)[C@@H]1[C@@H]2CC[C@]3(O2)[C@H](C(=O)N(CC=C)CCCCC)N([C@@H](CO)CC(C)C)C(=O)[C@@H]13)c1ccccc1. The topological polar surface area (TPSA) is 125 Å². The van der Waals surface area contributed by atoms with Crippen LogP contribution in [0.3, 0.4) is 0 Å². The molecule has 3 aliphatic heterocycles. The van der Waals surface area contributed by atoms with Crippen LogP contribution < -0.4 is 5.32 Å². The molecule has 1 aromatic carbocycles. The van der Waals surface area contributed by atoms with E-state index in [4.69, 9.17) is 9.47 Å². The van der Waals surface area contributed by atoms with Gasteiger partial charge in [-0.1, -0.05) is 76.1 Å². The maximum Gasteiger partial charge on any atom is 0.313 e. The molecule has 0 saturated carbocycles. The van der Waals surface area contributed by atoms with Crippen LogP contribution in [0.4, 0.5) is 0 Å². The molecule has 48 heavy (non-hydrogen) atoms. The number of aliphatic hydroxyl groups is 1. The summed E-state index contributed by atoms with van der Waals surface area (Å²) in [4.78, 5) is 59.5. The molecule has 10 nitrogen and oxygen atoms in total. The quantitative estimate of drug-likeness (QED) is 0.124. The molecule has 1 aromatic rings. The largest absolute Gasteiger partial charge is 0.455 e.